The van der Waals surface area contributed by atoms with E-state index >= 15 is 0 Å². The van der Waals surface area contributed by atoms with Gasteiger partial charge in [0.2, 0.25) is 0 Å². The van der Waals surface area contributed by atoms with Gasteiger partial charge in [-0.3, -0.25) is 0 Å². The highest BCUT2D eigenvalue weighted by molar-refractivity contribution is 5.47. The molecule has 2 rings (SSSR count). The van der Waals surface area contributed by atoms with Gasteiger partial charge in [-0.05, 0) is 12.8 Å². The zero-order chi connectivity index (χ0) is 11.1. The molecule has 0 amide bonds. The average molecular weight is 211 g/mol. The van der Waals surface area contributed by atoms with E-state index in [1.165, 1.54) is 20.3 Å². The van der Waals surface area contributed by atoms with Gasteiger partial charge in [-0.1, -0.05) is 0 Å². The molecule has 0 bridgehead atoms. The highest BCUT2D eigenvalue weighted by Gasteiger charge is 2.44. The summed E-state index contributed by atoms with van der Waals surface area (Å²) in [7, 11) is 2.99. The molecule has 1 saturated carbocycles. The molecule has 1 aliphatic carbocycles. The number of hydrogen-bond acceptors (Lipinski definition) is 3. The lowest BCUT2D eigenvalue weighted by Crippen LogP contribution is -2.21. The van der Waals surface area contributed by atoms with Gasteiger partial charge in [0, 0.05) is 23.2 Å². The summed E-state index contributed by atoms with van der Waals surface area (Å²) < 4.78 is 23.9. The van der Waals surface area contributed by atoms with Gasteiger partial charge in [0.05, 0.1) is 14.2 Å². The minimum atomic E-state index is -0.540. The van der Waals surface area contributed by atoms with Crippen molar-refractivity contribution in [1.82, 2.24) is 0 Å². The third-order valence-electron chi connectivity index (χ3n) is 2.77. The lowest BCUT2D eigenvalue weighted by atomic mass is 10.0. The van der Waals surface area contributed by atoms with Gasteiger partial charge < -0.3 is 15.2 Å². The summed E-state index contributed by atoms with van der Waals surface area (Å²) in [5.74, 6) is 0.551. The molecule has 0 atom stereocenters. The molecule has 0 spiro atoms. The first-order valence-corrected chi connectivity index (χ1v) is 4.81. The van der Waals surface area contributed by atoms with E-state index in [9.17, 15) is 4.39 Å². The fraction of sp³-hybridized carbons (Fsp3) is 0.455. The maximum Gasteiger partial charge on any atom is 0.135 e. The average Bonchev–Trinajstić information content (AvgIpc) is 2.95. The Morgan fingerprint density at radius 2 is 1.93 bits per heavy atom. The van der Waals surface area contributed by atoms with Crippen molar-refractivity contribution >= 4 is 0 Å². The molecule has 15 heavy (non-hydrogen) atoms. The van der Waals surface area contributed by atoms with Crippen molar-refractivity contribution in [3.8, 4) is 11.5 Å². The number of nitrogens with two attached hydrogens (primary N) is 1. The van der Waals surface area contributed by atoms with E-state index in [1.807, 2.05) is 0 Å². The quantitative estimate of drug-likeness (QED) is 0.829. The molecule has 0 aliphatic heterocycles. The van der Waals surface area contributed by atoms with Crippen molar-refractivity contribution in [3.05, 3.63) is 23.5 Å². The zero-order valence-electron chi connectivity index (χ0n) is 8.84. The maximum atomic E-state index is 13.8. The smallest absolute Gasteiger partial charge is 0.135 e. The Morgan fingerprint density at radius 1 is 1.27 bits per heavy atom. The van der Waals surface area contributed by atoms with Crippen LogP contribution >= 0.6 is 0 Å². The molecule has 1 aliphatic rings. The molecule has 2 N–H and O–H groups in total. The molecule has 3 nitrogen and oxygen atoms in total. The van der Waals surface area contributed by atoms with E-state index in [2.05, 4.69) is 0 Å². The van der Waals surface area contributed by atoms with Crippen molar-refractivity contribution in [1.29, 1.82) is 0 Å². The predicted octanol–water partition coefficient (Wildman–Crippen LogP) is 1.79. The van der Waals surface area contributed by atoms with Gasteiger partial charge in [0.25, 0.3) is 0 Å². The first-order chi connectivity index (χ1) is 7.10. The monoisotopic (exact) mass is 211 g/mol. The number of hydrogen-bond donors (Lipinski definition) is 1. The first-order valence-electron chi connectivity index (χ1n) is 4.81. The maximum absolute atomic E-state index is 13.8. The molecule has 0 saturated heterocycles. The molecular formula is C11H14FNO2. The second-order valence-electron chi connectivity index (χ2n) is 3.84. The van der Waals surface area contributed by atoms with Crippen molar-refractivity contribution < 1.29 is 13.9 Å². The topological polar surface area (TPSA) is 44.5 Å². The molecule has 1 aromatic carbocycles. The van der Waals surface area contributed by atoms with Crippen LogP contribution in [0.1, 0.15) is 18.4 Å². The van der Waals surface area contributed by atoms with Crippen LogP contribution in [0, 0.1) is 5.82 Å². The van der Waals surface area contributed by atoms with Crippen molar-refractivity contribution in [2.24, 2.45) is 5.73 Å². The second-order valence-corrected chi connectivity index (χ2v) is 3.84. The first kappa shape index (κ1) is 10.2. The standard InChI is InChI=1S/C11H14FNO2/c1-14-7-5-8(12)10(9(6-7)15-2)11(13)3-4-11/h5-6H,3-4,13H2,1-2H3. The molecule has 0 unspecified atom stereocenters. The van der Waals surface area contributed by atoms with Crippen molar-refractivity contribution in [2.45, 2.75) is 18.4 Å². The molecule has 4 heteroatoms. The van der Waals surface area contributed by atoms with Gasteiger partial charge in [0.1, 0.15) is 17.3 Å². The molecular weight excluding hydrogens is 197 g/mol. The fourth-order valence-corrected chi connectivity index (χ4v) is 1.70. The van der Waals surface area contributed by atoms with Gasteiger partial charge in [0.15, 0.2) is 0 Å². The molecule has 0 heterocycles. The van der Waals surface area contributed by atoms with Gasteiger partial charge in [-0.25, -0.2) is 4.39 Å². The van der Waals surface area contributed by atoms with E-state index in [-0.39, 0.29) is 5.82 Å². The summed E-state index contributed by atoms with van der Waals surface area (Å²) in [4.78, 5) is 0. The van der Waals surface area contributed by atoms with Crippen LogP contribution in [-0.2, 0) is 5.54 Å². The second kappa shape index (κ2) is 3.38. The lowest BCUT2D eigenvalue weighted by molar-refractivity contribution is 0.378. The van der Waals surface area contributed by atoms with E-state index in [0.717, 1.165) is 12.8 Å². The van der Waals surface area contributed by atoms with Gasteiger partial charge in [-0.2, -0.15) is 0 Å². The predicted molar refractivity (Wildman–Crippen MR) is 54.6 cm³/mol. The highest BCUT2D eigenvalue weighted by atomic mass is 19.1. The number of rotatable bonds is 3. The SMILES string of the molecule is COc1cc(F)c(C2(N)CC2)c(OC)c1. The van der Waals surface area contributed by atoms with Crippen LogP contribution in [0.4, 0.5) is 4.39 Å². The summed E-state index contributed by atoms with van der Waals surface area (Å²) in [6.07, 6.45) is 1.60. The Kier molecular flexibility index (Phi) is 2.31. The molecule has 0 radical (unpaired) electrons. The molecule has 1 fully saturated rings. The number of benzene rings is 1. The van der Waals surface area contributed by atoms with Crippen molar-refractivity contribution in [2.75, 3.05) is 14.2 Å². The Morgan fingerprint density at radius 3 is 2.40 bits per heavy atom. The Hall–Kier alpha value is -1.29. The summed E-state index contributed by atoms with van der Waals surface area (Å²) in [6.45, 7) is 0. The number of ether oxygens (including phenoxy) is 2. The van der Waals surface area contributed by atoms with Crippen LogP contribution in [0.2, 0.25) is 0 Å². The fourth-order valence-electron chi connectivity index (χ4n) is 1.70. The summed E-state index contributed by atoms with van der Waals surface area (Å²) in [5, 5.41) is 0. The normalized spacial score (nSPS) is 17.3. The van der Waals surface area contributed by atoms with E-state index < -0.39 is 5.54 Å². The Labute approximate surface area is 88.0 Å². The van der Waals surface area contributed by atoms with Crippen LogP contribution in [0.5, 0.6) is 11.5 Å². The van der Waals surface area contributed by atoms with Crippen molar-refractivity contribution in [3.63, 3.8) is 0 Å². The van der Waals surface area contributed by atoms with Gasteiger partial charge in [-0.15, -0.1) is 0 Å². The molecule has 1 aromatic rings. The minimum Gasteiger partial charge on any atom is -0.497 e. The molecule has 82 valence electrons. The number of halogens is 1. The summed E-state index contributed by atoms with van der Waals surface area (Å²) in [6, 6.07) is 3.00. The molecule has 0 aromatic heterocycles. The third-order valence-corrected chi connectivity index (χ3v) is 2.77. The van der Waals surface area contributed by atoms with Crippen LogP contribution in [-0.4, -0.2) is 14.2 Å². The highest BCUT2D eigenvalue weighted by Crippen LogP contribution is 2.48. The number of methoxy groups -OCH3 is 2. The van der Waals surface area contributed by atoms with Crippen LogP contribution in [0.3, 0.4) is 0 Å². The lowest BCUT2D eigenvalue weighted by Gasteiger charge is -2.16. The van der Waals surface area contributed by atoms with E-state index in [4.69, 9.17) is 15.2 Å². The van der Waals surface area contributed by atoms with Crippen LogP contribution < -0.4 is 15.2 Å². The Balaban J connectivity index is 2.52. The zero-order valence-corrected chi connectivity index (χ0v) is 8.84. The summed E-state index contributed by atoms with van der Waals surface area (Å²) >= 11 is 0. The van der Waals surface area contributed by atoms with Crippen LogP contribution in [0.25, 0.3) is 0 Å². The Bertz CT molecular complexity index is 388. The van der Waals surface area contributed by atoms with Crippen LogP contribution in [0.15, 0.2) is 12.1 Å². The van der Waals surface area contributed by atoms with E-state index in [0.29, 0.717) is 17.1 Å². The largest absolute Gasteiger partial charge is 0.497 e. The third kappa shape index (κ3) is 1.65. The van der Waals surface area contributed by atoms with Gasteiger partial charge >= 0.3 is 0 Å². The minimum absolute atomic E-state index is 0.355. The summed E-state index contributed by atoms with van der Waals surface area (Å²) in [5.41, 5.74) is 5.90. The van der Waals surface area contributed by atoms with E-state index in [1.54, 1.807) is 6.07 Å².